The van der Waals surface area contributed by atoms with E-state index in [9.17, 15) is 19.2 Å². The number of benzene rings is 2. The van der Waals surface area contributed by atoms with Crippen LogP contribution in [0.25, 0.3) is 0 Å². The Bertz CT molecular complexity index is 1580. The number of carbonyl (C=O) groups excluding carboxylic acids is 4. The number of hydrogen-bond acceptors (Lipinski definition) is 9. The van der Waals surface area contributed by atoms with E-state index in [0.717, 1.165) is 47.4 Å². The Morgan fingerprint density at radius 1 is 0.736 bits per heavy atom. The molecule has 3 atom stereocenters. The van der Waals surface area contributed by atoms with Crippen LogP contribution in [0.3, 0.4) is 0 Å². The molecule has 0 radical (unpaired) electrons. The topological polar surface area (TPSA) is 157 Å². The van der Waals surface area contributed by atoms with E-state index < -0.39 is 0 Å². The van der Waals surface area contributed by atoms with Crippen LogP contribution in [-0.4, -0.2) is 113 Å². The van der Waals surface area contributed by atoms with Crippen LogP contribution in [0.15, 0.2) is 48.5 Å². The molecular weight excluding hydrogens is 699 g/mol. The highest BCUT2D eigenvalue weighted by Crippen LogP contribution is 2.33. The largest absolute Gasteiger partial charge is 0.379 e. The molecule has 5 amide bonds. The van der Waals surface area contributed by atoms with Crippen molar-refractivity contribution in [3.63, 3.8) is 0 Å². The van der Waals surface area contributed by atoms with Crippen LogP contribution in [0.1, 0.15) is 55.2 Å². The third-order valence-corrected chi connectivity index (χ3v) is 10.6. The minimum atomic E-state index is -0.177. The fourth-order valence-corrected chi connectivity index (χ4v) is 7.84. The van der Waals surface area contributed by atoms with Gasteiger partial charge >= 0.3 is 6.03 Å². The van der Waals surface area contributed by atoms with E-state index in [1.54, 1.807) is 4.90 Å². The third kappa shape index (κ3) is 13.3. The van der Waals surface area contributed by atoms with Gasteiger partial charge in [0.1, 0.15) is 0 Å². The average Bonchev–Trinajstić information content (AvgIpc) is 3.71. The normalized spacial score (nSPS) is 18.3. The summed E-state index contributed by atoms with van der Waals surface area (Å²) in [5.41, 5.74) is 3.45. The van der Waals surface area contributed by atoms with Gasteiger partial charge in [0.2, 0.25) is 17.7 Å². The maximum absolute atomic E-state index is 13.3. The molecule has 13 nitrogen and oxygen atoms in total. The minimum absolute atomic E-state index is 0.0276. The highest BCUT2D eigenvalue weighted by molar-refractivity contribution is 8.00. The number of thioether (sulfide) groups is 1. The Morgan fingerprint density at radius 3 is 2.17 bits per heavy atom. The summed E-state index contributed by atoms with van der Waals surface area (Å²) in [5.74, 6) is 7.13. The lowest BCUT2D eigenvalue weighted by Crippen LogP contribution is -2.36. The van der Waals surface area contributed by atoms with Gasteiger partial charge in [0.05, 0.1) is 77.2 Å². The zero-order chi connectivity index (χ0) is 37.1. The number of hydrogen-bond donors (Lipinski definition) is 4. The second kappa shape index (κ2) is 22.2. The van der Waals surface area contributed by atoms with E-state index in [1.165, 1.54) is 0 Å². The summed E-state index contributed by atoms with van der Waals surface area (Å²) < 4.78 is 22.0. The van der Waals surface area contributed by atoms with Crippen molar-refractivity contribution in [2.24, 2.45) is 0 Å². The fraction of sp³-hybridized carbons (Fsp3) is 0.538. The van der Waals surface area contributed by atoms with Gasteiger partial charge in [-0.1, -0.05) is 48.6 Å². The van der Waals surface area contributed by atoms with Crippen LogP contribution in [0.4, 0.5) is 10.5 Å². The van der Waals surface area contributed by atoms with Crippen LogP contribution in [0, 0.1) is 11.8 Å². The molecule has 5 rings (SSSR count). The smallest absolute Gasteiger partial charge is 0.315 e. The molecule has 4 N–H and O–H groups in total. The van der Waals surface area contributed by atoms with Gasteiger partial charge in [-0.25, -0.2) is 4.79 Å². The number of rotatable bonds is 23. The van der Waals surface area contributed by atoms with Gasteiger partial charge in [0.15, 0.2) is 0 Å². The Balaban J connectivity index is 0.786. The first kappa shape index (κ1) is 40.1. The quantitative estimate of drug-likeness (QED) is 0.0763. The SMILES string of the molecule is O=C(CCCCC1SCC2NC(=O)NC21)NCCOCCOCCOCCOCCC(=O)NCCC(=O)N1Cc2ccccc2C#Cc2ccccc21. The molecular formula is C39H51N5O8S. The summed E-state index contributed by atoms with van der Waals surface area (Å²) in [6, 6.07) is 15.8. The fourth-order valence-electron chi connectivity index (χ4n) is 6.29. The summed E-state index contributed by atoms with van der Waals surface area (Å²) in [5, 5.41) is 12.1. The number of nitrogens with one attached hydrogen (secondary N) is 4. The predicted molar refractivity (Wildman–Crippen MR) is 203 cm³/mol. The molecule has 2 aromatic carbocycles. The van der Waals surface area contributed by atoms with Gasteiger partial charge in [-0.3, -0.25) is 14.4 Å². The van der Waals surface area contributed by atoms with Crippen LogP contribution < -0.4 is 26.2 Å². The molecule has 0 saturated carbocycles. The maximum atomic E-state index is 13.3. The number of amides is 5. The minimum Gasteiger partial charge on any atom is -0.379 e. The molecule has 3 unspecified atom stereocenters. The molecule has 0 spiro atoms. The van der Waals surface area contributed by atoms with Gasteiger partial charge in [-0.15, -0.1) is 0 Å². The first-order valence-corrected chi connectivity index (χ1v) is 19.5. The van der Waals surface area contributed by atoms with E-state index in [-0.39, 0.29) is 61.8 Å². The van der Waals surface area contributed by atoms with Crippen LogP contribution in [0.5, 0.6) is 0 Å². The monoisotopic (exact) mass is 749 g/mol. The number of carbonyl (C=O) groups is 4. The van der Waals surface area contributed by atoms with Crippen LogP contribution >= 0.6 is 11.8 Å². The third-order valence-electron chi connectivity index (χ3n) is 9.07. The first-order chi connectivity index (χ1) is 26.0. The van der Waals surface area contributed by atoms with Crippen molar-refractivity contribution in [3.05, 3.63) is 65.2 Å². The number of nitrogens with zero attached hydrogens (tertiary/aromatic N) is 1. The summed E-state index contributed by atoms with van der Waals surface area (Å²) >= 11 is 1.89. The second-order valence-corrected chi connectivity index (χ2v) is 14.2. The summed E-state index contributed by atoms with van der Waals surface area (Å²) in [4.78, 5) is 50.9. The Labute approximate surface area is 316 Å². The van der Waals surface area contributed by atoms with Crippen LogP contribution in [0.2, 0.25) is 0 Å². The lowest BCUT2D eigenvalue weighted by atomic mass is 10.0. The molecule has 2 fully saturated rings. The highest BCUT2D eigenvalue weighted by atomic mass is 32.2. The van der Waals surface area contributed by atoms with Crippen molar-refractivity contribution in [2.75, 3.05) is 76.6 Å². The highest BCUT2D eigenvalue weighted by Gasteiger charge is 2.42. The Hall–Kier alpha value is -4.13. The number of unbranched alkanes of at least 4 members (excludes halogenated alkanes) is 1. The van der Waals surface area contributed by atoms with E-state index in [4.69, 9.17) is 18.9 Å². The maximum Gasteiger partial charge on any atom is 0.315 e. The molecule has 286 valence electrons. The van der Waals surface area contributed by atoms with Crippen molar-refractivity contribution in [1.82, 2.24) is 21.3 Å². The van der Waals surface area contributed by atoms with Crippen molar-refractivity contribution >= 4 is 41.2 Å². The van der Waals surface area contributed by atoms with E-state index in [1.807, 2.05) is 60.3 Å². The predicted octanol–water partition coefficient (Wildman–Crippen LogP) is 2.74. The van der Waals surface area contributed by atoms with Gasteiger partial charge in [0, 0.05) is 54.5 Å². The van der Waals surface area contributed by atoms with Gasteiger partial charge in [-0.2, -0.15) is 11.8 Å². The molecule has 14 heteroatoms. The summed E-state index contributed by atoms with van der Waals surface area (Å²) in [6.45, 7) is 4.24. The lowest BCUT2D eigenvalue weighted by Gasteiger charge is -2.26. The Kier molecular flexibility index (Phi) is 16.8. The van der Waals surface area contributed by atoms with Crippen molar-refractivity contribution in [2.45, 2.75) is 62.4 Å². The van der Waals surface area contributed by atoms with E-state index in [0.29, 0.717) is 71.0 Å². The first-order valence-electron chi connectivity index (χ1n) is 18.5. The lowest BCUT2D eigenvalue weighted by molar-refractivity contribution is -0.123. The molecule has 3 aliphatic heterocycles. The second-order valence-electron chi connectivity index (χ2n) is 12.9. The number of fused-ring (bicyclic) bond motifs is 3. The van der Waals surface area contributed by atoms with Gasteiger partial charge in [-0.05, 0) is 36.6 Å². The van der Waals surface area contributed by atoms with Crippen LogP contribution in [-0.2, 0) is 39.9 Å². The zero-order valence-corrected chi connectivity index (χ0v) is 31.0. The van der Waals surface area contributed by atoms with Crippen molar-refractivity contribution in [1.29, 1.82) is 0 Å². The Morgan fingerprint density at radius 2 is 1.38 bits per heavy atom. The number of anilines is 1. The molecule has 3 heterocycles. The summed E-state index contributed by atoms with van der Waals surface area (Å²) in [7, 11) is 0. The van der Waals surface area contributed by atoms with Gasteiger partial charge in [0.25, 0.3) is 0 Å². The molecule has 3 aliphatic rings. The standard InChI is InChI=1S/C39H51N5O8S/c45-35(12-6-5-11-34-38-32(28-53-34)42-39(48)43-38)41-18-20-50-22-24-52-26-25-51-23-21-49-19-16-36(46)40-17-15-37(47)44-27-31-9-2-1-7-29(31)13-14-30-8-3-4-10-33(30)44/h1-4,7-10,32,34,38H,5-6,11-12,15-28H2,(H,40,46)(H,41,45)(H2,42,43,48). The average molecular weight is 750 g/mol. The zero-order valence-electron chi connectivity index (χ0n) is 30.2. The van der Waals surface area contributed by atoms with E-state index >= 15 is 0 Å². The molecule has 2 aromatic rings. The van der Waals surface area contributed by atoms with E-state index in [2.05, 4.69) is 33.1 Å². The van der Waals surface area contributed by atoms with Gasteiger partial charge < -0.3 is 45.1 Å². The molecule has 0 bridgehead atoms. The van der Waals surface area contributed by atoms with Crippen molar-refractivity contribution < 1.29 is 38.1 Å². The molecule has 0 aromatic heterocycles. The molecule has 0 aliphatic carbocycles. The number of ether oxygens (including phenoxy) is 4. The number of urea groups is 1. The van der Waals surface area contributed by atoms with Crippen molar-refractivity contribution in [3.8, 4) is 11.8 Å². The number of para-hydroxylation sites is 1. The molecule has 2 saturated heterocycles. The summed E-state index contributed by atoms with van der Waals surface area (Å²) in [6.07, 6.45) is 3.64. The molecule has 53 heavy (non-hydrogen) atoms.